The zero-order chi connectivity index (χ0) is 24.9. The number of halogens is 4. The van der Waals surface area contributed by atoms with E-state index in [9.17, 15) is 9.59 Å². The quantitative estimate of drug-likeness (QED) is 0.492. The molecule has 2 saturated heterocycles. The van der Waals surface area contributed by atoms with Crippen molar-refractivity contribution < 1.29 is 9.59 Å². The number of amides is 2. The van der Waals surface area contributed by atoms with E-state index in [2.05, 4.69) is 5.32 Å². The van der Waals surface area contributed by atoms with Crippen molar-refractivity contribution in [1.29, 1.82) is 0 Å². The van der Waals surface area contributed by atoms with E-state index < -0.39 is 11.5 Å². The first kappa shape index (κ1) is 25.2. The highest BCUT2D eigenvalue weighted by atomic mass is 35.5. The minimum absolute atomic E-state index is 0.0817. The first-order valence-electron chi connectivity index (χ1n) is 12.0. The van der Waals surface area contributed by atoms with Gasteiger partial charge in [-0.3, -0.25) is 9.59 Å². The molecular formula is C26H27Cl4N3O2. The van der Waals surface area contributed by atoms with E-state index in [0.29, 0.717) is 32.9 Å². The molecule has 1 aliphatic carbocycles. The van der Waals surface area contributed by atoms with Crippen molar-refractivity contribution in [1.82, 2.24) is 10.2 Å². The van der Waals surface area contributed by atoms with Crippen molar-refractivity contribution in [2.75, 3.05) is 0 Å². The second-order valence-electron chi connectivity index (χ2n) is 10.0. The number of piperidine rings is 1. The van der Waals surface area contributed by atoms with E-state index in [1.54, 1.807) is 36.4 Å². The molecule has 35 heavy (non-hydrogen) atoms. The predicted octanol–water partition coefficient (Wildman–Crippen LogP) is 5.54. The first-order chi connectivity index (χ1) is 16.7. The van der Waals surface area contributed by atoms with Gasteiger partial charge in [0.05, 0.1) is 5.41 Å². The van der Waals surface area contributed by atoms with Crippen LogP contribution in [0.4, 0.5) is 0 Å². The molecule has 0 aromatic heterocycles. The topological polar surface area (TPSA) is 75.4 Å². The second-order valence-corrected chi connectivity index (χ2v) is 11.7. The summed E-state index contributed by atoms with van der Waals surface area (Å²) in [6.45, 7) is 0. The van der Waals surface area contributed by atoms with Crippen molar-refractivity contribution in [2.45, 2.75) is 74.5 Å². The standard InChI is InChI=1S/C26H27Cl4N3O2/c27-15-2-1-14(21(29)10-15)9-23(24(34)33-18-4-5-19(33)13-17(31)12-18)32-25(35)26(7-8-26)20-6-3-16(28)11-22(20)30/h1-3,6,10-11,17-19,23H,4-5,7-9,12-13,31H2,(H,32,35)/t17?,18?,19?,23-/m0/s1. The van der Waals surface area contributed by atoms with E-state index in [1.807, 2.05) is 4.90 Å². The fourth-order valence-corrected chi connectivity index (χ4v) is 6.86. The Kier molecular flexibility index (Phi) is 7.01. The van der Waals surface area contributed by atoms with E-state index in [-0.39, 0.29) is 36.4 Å². The van der Waals surface area contributed by atoms with Crippen LogP contribution in [0.25, 0.3) is 0 Å². The normalized spacial score (nSPS) is 25.3. The minimum atomic E-state index is -0.762. The first-order valence-corrected chi connectivity index (χ1v) is 13.5. The van der Waals surface area contributed by atoms with Crippen molar-refractivity contribution >= 4 is 58.2 Å². The average molecular weight is 555 g/mol. The molecule has 0 spiro atoms. The highest BCUT2D eigenvalue weighted by Crippen LogP contribution is 2.51. The van der Waals surface area contributed by atoms with Gasteiger partial charge < -0.3 is 16.0 Å². The molecule has 186 valence electrons. The molecule has 2 heterocycles. The molecule has 5 nitrogen and oxygen atoms in total. The number of benzene rings is 2. The summed E-state index contributed by atoms with van der Waals surface area (Å²) in [7, 11) is 0. The summed E-state index contributed by atoms with van der Waals surface area (Å²) in [4.78, 5) is 29.6. The molecule has 2 aromatic rings. The third-order valence-corrected chi connectivity index (χ3v) is 8.83. The van der Waals surface area contributed by atoms with Crippen LogP contribution in [0.1, 0.15) is 49.7 Å². The Balaban J connectivity index is 1.43. The molecule has 2 aromatic carbocycles. The summed E-state index contributed by atoms with van der Waals surface area (Å²) >= 11 is 25.1. The van der Waals surface area contributed by atoms with E-state index >= 15 is 0 Å². The van der Waals surface area contributed by atoms with Gasteiger partial charge in [0.2, 0.25) is 11.8 Å². The summed E-state index contributed by atoms with van der Waals surface area (Å²) < 4.78 is 0. The van der Waals surface area contributed by atoms with Gasteiger partial charge in [-0.15, -0.1) is 0 Å². The van der Waals surface area contributed by atoms with Gasteiger partial charge in [0.1, 0.15) is 6.04 Å². The highest BCUT2D eigenvalue weighted by molar-refractivity contribution is 6.35. The number of nitrogens with one attached hydrogen (secondary N) is 1. The summed E-state index contributed by atoms with van der Waals surface area (Å²) in [5.41, 5.74) is 6.96. The van der Waals surface area contributed by atoms with Gasteiger partial charge in [-0.1, -0.05) is 58.5 Å². The number of fused-ring (bicyclic) bond motifs is 2. The van der Waals surface area contributed by atoms with Gasteiger partial charge >= 0.3 is 0 Å². The zero-order valence-corrected chi connectivity index (χ0v) is 22.1. The monoisotopic (exact) mass is 553 g/mol. The van der Waals surface area contributed by atoms with Crippen LogP contribution in [0.3, 0.4) is 0 Å². The maximum atomic E-state index is 13.9. The summed E-state index contributed by atoms with van der Waals surface area (Å²) in [6.07, 6.45) is 5.05. The maximum Gasteiger partial charge on any atom is 0.245 e. The maximum absolute atomic E-state index is 13.9. The van der Waals surface area contributed by atoms with Crippen molar-refractivity contribution in [2.24, 2.45) is 5.73 Å². The molecule has 2 amide bonds. The average Bonchev–Trinajstić information content (AvgIpc) is 3.55. The Labute approximate surface area is 225 Å². The fraction of sp³-hybridized carbons (Fsp3) is 0.462. The van der Waals surface area contributed by atoms with Crippen molar-refractivity contribution in [3.8, 4) is 0 Å². The molecule has 2 aliphatic heterocycles. The lowest BCUT2D eigenvalue weighted by atomic mass is 9.93. The Morgan fingerprint density at radius 1 is 0.971 bits per heavy atom. The summed E-state index contributed by atoms with van der Waals surface area (Å²) in [6, 6.07) is 9.95. The Morgan fingerprint density at radius 3 is 2.14 bits per heavy atom. The zero-order valence-electron chi connectivity index (χ0n) is 19.1. The molecule has 2 unspecified atom stereocenters. The number of hydrogen-bond acceptors (Lipinski definition) is 3. The molecule has 3 atom stereocenters. The van der Waals surface area contributed by atoms with Crippen LogP contribution in [-0.2, 0) is 21.4 Å². The number of nitrogens with two attached hydrogens (primary N) is 1. The molecule has 3 aliphatic rings. The SMILES string of the molecule is NC1CC2CCC(C1)N2C(=O)[C@H](Cc1ccc(Cl)cc1Cl)NC(=O)C1(c2ccc(Cl)cc2Cl)CC1. The van der Waals surface area contributed by atoms with Crippen molar-refractivity contribution in [3.05, 3.63) is 67.6 Å². The number of carbonyl (C=O) groups excluding carboxylic acids is 2. The van der Waals surface area contributed by atoms with Gasteiger partial charge in [-0.2, -0.15) is 0 Å². The van der Waals surface area contributed by atoms with E-state index in [1.165, 1.54) is 0 Å². The number of hydrogen-bond donors (Lipinski definition) is 2. The Morgan fingerprint density at radius 2 is 1.57 bits per heavy atom. The molecule has 1 saturated carbocycles. The molecule has 5 rings (SSSR count). The van der Waals surface area contributed by atoms with Crippen LogP contribution < -0.4 is 11.1 Å². The van der Waals surface area contributed by atoms with Gasteiger partial charge in [0.15, 0.2) is 0 Å². The summed E-state index contributed by atoms with van der Waals surface area (Å²) in [5, 5.41) is 5.04. The van der Waals surface area contributed by atoms with Gasteiger partial charge in [-0.25, -0.2) is 0 Å². The van der Waals surface area contributed by atoms with E-state index in [0.717, 1.165) is 36.8 Å². The third-order valence-electron chi connectivity index (χ3n) is 7.70. The van der Waals surface area contributed by atoms with Gasteiger partial charge in [0, 0.05) is 44.6 Å². The lowest BCUT2D eigenvalue weighted by Gasteiger charge is -2.40. The van der Waals surface area contributed by atoms with Crippen LogP contribution in [0.2, 0.25) is 20.1 Å². The van der Waals surface area contributed by atoms with Gasteiger partial charge in [-0.05, 0) is 73.9 Å². The largest absolute Gasteiger partial charge is 0.343 e. The lowest BCUT2D eigenvalue weighted by Crippen LogP contribution is -2.58. The van der Waals surface area contributed by atoms with Gasteiger partial charge in [0.25, 0.3) is 0 Å². The van der Waals surface area contributed by atoms with Crippen LogP contribution >= 0.6 is 46.4 Å². The second kappa shape index (κ2) is 9.75. The molecule has 3 fully saturated rings. The Bertz CT molecular complexity index is 1160. The smallest absolute Gasteiger partial charge is 0.245 e. The summed E-state index contributed by atoms with van der Waals surface area (Å²) in [5.74, 6) is -0.284. The van der Waals surface area contributed by atoms with Crippen molar-refractivity contribution in [3.63, 3.8) is 0 Å². The molecule has 9 heteroatoms. The fourth-order valence-electron chi connectivity index (χ4n) is 5.78. The van der Waals surface area contributed by atoms with Crippen LogP contribution in [0.15, 0.2) is 36.4 Å². The number of rotatable bonds is 6. The molecule has 3 N–H and O–H groups in total. The van der Waals surface area contributed by atoms with E-state index in [4.69, 9.17) is 52.1 Å². The van der Waals surface area contributed by atoms with Crippen LogP contribution in [-0.4, -0.2) is 40.9 Å². The van der Waals surface area contributed by atoms with Crippen LogP contribution in [0.5, 0.6) is 0 Å². The molecular weight excluding hydrogens is 528 g/mol. The predicted molar refractivity (Wildman–Crippen MR) is 140 cm³/mol. The lowest BCUT2D eigenvalue weighted by molar-refractivity contribution is -0.140. The Hall–Kier alpha value is -1.50. The van der Waals surface area contributed by atoms with Crippen LogP contribution in [0, 0.1) is 0 Å². The molecule has 0 radical (unpaired) electrons. The molecule has 2 bridgehead atoms. The number of carbonyl (C=O) groups is 2. The number of nitrogens with zero attached hydrogens (tertiary/aromatic N) is 1. The third kappa shape index (κ3) is 4.91. The minimum Gasteiger partial charge on any atom is -0.343 e. The highest BCUT2D eigenvalue weighted by Gasteiger charge is 2.53.